The van der Waals surface area contributed by atoms with E-state index in [-0.39, 0.29) is 11.4 Å². The monoisotopic (exact) mass is 466 g/mol. The summed E-state index contributed by atoms with van der Waals surface area (Å²) in [4.78, 5) is 18.5. The number of hydrogen-bond acceptors (Lipinski definition) is 6. The molecule has 1 heterocycles. The lowest BCUT2D eigenvalue weighted by Gasteiger charge is -2.17. The molecule has 0 saturated heterocycles. The SMILES string of the molecule is COc1cc2c(=O)n(-c3ccc(F)cc3)c(SCc3ccccc3C)nc2c(OC)c1OC. The Kier molecular flexibility index (Phi) is 6.55. The first-order valence-electron chi connectivity index (χ1n) is 10.2. The van der Waals surface area contributed by atoms with Gasteiger partial charge in [-0.05, 0) is 48.4 Å². The lowest BCUT2D eigenvalue weighted by molar-refractivity contribution is 0.326. The number of ether oxygens (including phenoxy) is 3. The fraction of sp³-hybridized carbons (Fsp3) is 0.200. The number of hydrogen-bond donors (Lipinski definition) is 0. The lowest BCUT2D eigenvalue weighted by Crippen LogP contribution is -2.22. The van der Waals surface area contributed by atoms with Crippen LogP contribution in [-0.2, 0) is 5.75 Å². The standard InChI is InChI=1S/C25H23FN2O4S/c1-15-7-5-6-8-16(15)14-33-25-27-21-19(13-20(30-2)22(31-3)23(21)32-4)24(29)28(25)18-11-9-17(26)10-12-18/h5-13H,14H2,1-4H3. The molecule has 4 aromatic rings. The van der Waals surface area contributed by atoms with Gasteiger partial charge in [0.05, 0.1) is 32.4 Å². The molecule has 0 atom stereocenters. The summed E-state index contributed by atoms with van der Waals surface area (Å²) in [5, 5.41) is 0.752. The maximum atomic E-state index is 13.7. The maximum Gasteiger partial charge on any atom is 0.266 e. The minimum absolute atomic E-state index is 0.300. The molecule has 33 heavy (non-hydrogen) atoms. The second kappa shape index (κ2) is 9.54. The summed E-state index contributed by atoms with van der Waals surface area (Å²) < 4.78 is 31.5. The Hall–Kier alpha value is -3.52. The van der Waals surface area contributed by atoms with Crippen LogP contribution in [0.4, 0.5) is 4.39 Å². The van der Waals surface area contributed by atoms with Crippen molar-refractivity contribution in [3.05, 3.63) is 81.9 Å². The highest BCUT2D eigenvalue weighted by molar-refractivity contribution is 7.98. The van der Waals surface area contributed by atoms with Gasteiger partial charge in [0.25, 0.3) is 5.56 Å². The molecule has 170 valence electrons. The van der Waals surface area contributed by atoms with Gasteiger partial charge in [-0.1, -0.05) is 36.0 Å². The van der Waals surface area contributed by atoms with Gasteiger partial charge in [-0.25, -0.2) is 9.37 Å². The average Bonchev–Trinajstić information content (AvgIpc) is 2.83. The number of halogens is 1. The molecule has 0 aliphatic rings. The van der Waals surface area contributed by atoms with Gasteiger partial charge in [0.1, 0.15) is 11.3 Å². The molecular weight excluding hydrogens is 443 g/mol. The van der Waals surface area contributed by atoms with Gasteiger partial charge in [-0.15, -0.1) is 0 Å². The van der Waals surface area contributed by atoms with Crippen LogP contribution in [0.5, 0.6) is 17.2 Å². The number of aromatic nitrogens is 2. The highest BCUT2D eigenvalue weighted by atomic mass is 32.2. The van der Waals surface area contributed by atoms with Gasteiger partial charge in [0.15, 0.2) is 16.7 Å². The van der Waals surface area contributed by atoms with E-state index in [9.17, 15) is 9.18 Å². The van der Waals surface area contributed by atoms with Crippen LogP contribution in [0.3, 0.4) is 0 Å². The Balaban J connectivity index is 1.98. The number of fused-ring (bicyclic) bond motifs is 1. The van der Waals surface area contributed by atoms with Crippen LogP contribution >= 0.6 is 11.8 Å². The van der Waals surface area contributed by atoms with Crippen LogP contribution in [0, 0.1) is 12.7 Å². The largest absolute Gasteiger partial charge is 0.493 e. The molecule has 8 heteroatoms. The molecule has 3 aromatic carbocycles. The first kappa shape index (κ1) is 22.7. The maximum absolute atomic E-state index is 13.7. The fourth-order valence-electron chi connectivity index (χ4n) is 3.60. The normalized spacial score (nSPS) is 10.9. The van der Waals surface area contributed by atoms with Gasteiger partial charge >= 0.3 is 0 Å². The molecule has 0 aliphatic heterocycles. The Morgan fingerprint density at radius 2 is 1.67 bits per heavy atom. The topological polar surface area (TPSA) is 62.6 Å². The van der Waals surface area contributed by atoms with E-state index in [0.717, 1.165) is 11.1 Å². The molecule has 1 aromatic heterocycles. The van der Waals surface area contributed by atoms with E-state index in [0.29, 0.717) is 44.7 Å². The molecule has 0 saturated carbocycles. The van der Waals surface area contributed by atoms with Gasteiger partial charge in [0, 0.05) is 5.75 Å². The van der Waals surface area contributed by atoms with Crippen LogP contribution < -0.4 is 19.8 Å². The van der Waals surface area contributed by atoms with Crippen molar-refractivity contribution >= 4 is 22.7 Å². The zero-order chi connectivity index (χ0) is 23.5. The van der Waals surface area contributed by atoms with Crippen molar-refractivity contribution in [2.75, 3.05) is 21.3 Å². The summed E-state index contributed by atoms with van der Waals surface area (Å²) in [7, 11) is 4.48. The molecule has 4 rings (SSSR count). The highest BCUT2D eigenvalue weighted by Gasteiger charge is 2.22. The van der Waals surface area contributed by atoms with Crippen molar-refractivity contribution in [2.24, 2.45) is 0 Å². The number of nitrogens with zero attached hydrogens (tertiary/aromatic N) is 2. The van der Waals surface area contributed by atoms with Gasteiger partial charge in [0.2, 0.25) is 5.75 Å². The van der Waals surface area contributed by atoms with E-state index in [1.54, 1.807) is 18.2 Å². The van der Waals surface area contributed by atoms with E-state index >= 15 is 0 Å². The van der Waals surface area contributed by atoms with Crippen LogP contribution in [0.1, 0.15) is 11.1 Å². The minimum atomic E-state index is -0.386. The molecule has 0 fully saturated rings. The Morgan fingerprint density at radius 1 is 0.970 bits per heavy atom. The Bertz CT molecular complexity index is 1370. The van der Waals surface area contributed by atoms with Crippen LogP contribution in [0.2, 0.25) is 0 Å². The Morgan fingerprint density at radius 3 is 2.30 bits per heavy atom. The van der Waals surface area contributed by atoms with E-state index in [2.05, 4.69) is 0 Å². The molecule has 0 aliphatic carbocycles. The van der Waals surface area contributed by atoms with Crippen LogP contribution in [0.15, 0.2) is 64.5 Å². The molecule has 0 amide bonds. The third-order valence-electron chi connectivity index (χ3n) is 5.34. The summed E-state index contributed by atoms with van der Waals surface area (Å²) in [6.45, 7) is 2.04. The molecular formula is C25H23FN2O4S. The molecule has 0 bridgehead atoms. The number of methoxy groups -OCH3 is 3. The van der Waals surface area contributed by atoms with Crippen molar-refractivity contribution < 1.29 is 18.6 Å². The number of thioether (sulfide) groups is 1. The van der Waals surface area contributed by atoms with Crippen LogP contribution in [-0.4, -0.2) is 30.9 Å². The summed E-state index contributed by atoms with van der Waals surface area (Å²) in [6.07, 6.45) is 0. The summed E-state index contributed by atoms with van der Waals surface area (Å²) >= 11 is 1.42. The fourth-order valence-corrected chi connectivity index (χ4v) is 4.68. The Labute approximate surface area is 194 Å². The van der Waals surface area contributed by atoms with E-state index < -0.39 is 0 Å². The molecule has 0 spiro atoms. The van der Waals surface area contributed by atoms with Crippen molar-refractivity contribution in [3.8, 4) is 22.9 Å². The quantitative estimate of drug-likeness (QED) is 0.277. The van der Waals surface area contributed by atoms with Crippen molar-refractivity contribution in [1.82, 2.24) is 9.55 Å². The van der Waals surface area contributed by atoms with Gasteiger partial charge in [-0.2, -0.15) is 0 Å². The van der Waals surface area contributed by atoms with Gasteiger partial charge in [-0.3, -0.25) is 9.36 Å². The summed E-state index contributed by atoms with van der Waals surface area (Å²) in [5.41, 5.74) is 2.83. The smallest absolute Gasteiger partial charge is 0.266 e. The molecule has 0 radical (unpaired) electrons. The minimum Gasteiger partial charge on any atom is -0.493 e. The second-order valence-corrected chi connectivity index (χ2v) is 8.21. The third kappa shape index (κ3) is 4.26. The molecule has 0 N–H and O–H groups in total. The molecule has 0 unspecified atom stereocenters. The van der Waals surface area contributed by atoms with E-state index in [1.165, 1.54) is 49.8 Å². The van der Waals surface area contributed by atoms with E-state index in [4.69, 9.17) is 19.2 Å². The number of benzene rings is 3. The first-order chi connectivity index (χ1) is 16.0. The van der Waals surface area contributed by atoms with Crippen molar-refractivity contribution in [1.29, 1.82) is 0 Å². The lowest BCUT2D eigenvalue weighted by atomic mass is 10.1. The second-order valence-electron chi connectivity index (χ2n) is 7.27. The van der Waals surface area contributed by atoms with Crippen molar-refractivity contribution in [2.45, 2.75) is 17.8 Å². The van der Waals surface area contributed by atoms with Gasteiger partial charge < -0.3 is 14.2 Å². The first-order valence-corrected chi connectivity index (χ1v) is 11.2. The predicted octanol–water partition coefficient (Wildman–Crippen LogP) is 5.15. The molecule has 6 nitrogen and oxygen atoms in total. The highest BCUT2D eigenvalue weighted by Crippen LogP contribution is 2.42. The zero-order valence-electron chi connectivity index (χ0n) is 18.7. The zero-order valence-corrected chi connectivity index (χ0v) is 19.5. The third-order valence-corrected chi connectivity index (χ3v) is 6.33. The van der Waals surface area contributed by atoms with Crippen molar-refractivity contribution in [3.63, 3.8) is 0 Å². The van der Waals surface area contributed by atoms with E-state index in [1.807, 2.05) is 31.2 Å². The van der Waals surface area contributed by atoms with Crippen LogP contribution in [0.25, 0.3) is 16.6 Å². The summed E-state index contributed by atoms with van der Waals surface area (Å²) in [5.74, 6) is 1.23. The number of rotatable bonds is 7. The number of aryl methyl sites for hydroxylation is 1. The predicted molar refractivity (Wildman–Crippen MR) is 128 cm³/mol. The average molecular weight is 467 g/mol. The summed E-state index contributed by atoms with van der Waals surface area (Å²) in [6, 6.07) is 15.4.